The van der Waals surface area contributed by atoms with Gasteiger partial charge in [-0.15, -0.1) is 0 Å². The molecule has 18 heavy (non-hydrogen) atoms. The Balaban J connectivity index is 1.84. The number of aliphatic hydroxyl groups is 1. The summed E-state index contributed by atoms with van der Waals surface area (Å²) in [4.78, 5) is 2.32. The van der Waals surface area contributed by atoms with E-state index in [0.717, 1.165) is 24.0 Å². The van der Waals surface area contributed by atoms with Crippen LogP contribution in [0.1, 0.15) is 31.2 Å². The lowest BCUT2D eigenvalue weighted by molar-refractivity contribution is 0.0502. The molecule has 0 amide bonds. The van der Waals surface area contributed by atoms with Gasteiger partial charge in [-0.3, -0.25) is 0 Å². The van der Waals surface area contributed by atoms with Crippen LogP contribution in [0.5, 0.6) is 0 Å². The highest BCUT2D eigenvalue weighted by Gasteiger charge is 2.23. The van der Waals surface area contributed by atoms with Crippen LogP contribution in [-0.2, 0) is 6.54 Å². The molecule has 100 valence electrons. The third-order valence-electron chi connectivity index (χ3n) is 3.78. The number of rotatable bonds is 4. The number of hydrogen-bond donors (Lipinski definition) is 1. The highest BCUT2D eigenvalue weighted by atomic mass is 79.9. The first-order chi connectivity index (χ1) is 8.65. The van der Waals surface area contributed by atoms with Crippen LogP contribution in [0.15, 0.2) is 28.7 Å². The van der Waals surface area contributed by atoms with E-state index in [2.05, 4.69) is 52.1 Å². The third-order valence-corrected chi connectivity index (χ3v) is 4.31. The highest BCUT2D eigenvalue weighted by molar-refractivity contribution is 9.10. The lowest BCUT2D eigenvalue weighted by Crippen LogP contribution is -2.34. The van der Waals surface area contributed by atoms with E-state index in [1.54, 1.807) is 0 Å². The lowest BCUT2D eigenvalue weighted by Gasteiger charge is -2.31. The first-order valence-electron chi connectivity index (χ1n) is 6.76. The van der Waals surface area contributed by atoms with Gasteiger partial charge in [-0.05, 0) is 43.5 Å². The first-order valence-corrected chi connectivity index (χ1v) is 7.55. The van der Waals surface area contributed by atoms with Crippen molar-refractivity contribution in [1.82, 2.24) is 4.90 Å². The van der Waals surface area contributed by atoms with Crippen molar-refractivity contribution in [1.29, 1.82) is 0 Å². The highest BCUT2D eigenvalue weighted by Crippen LogP contribution is 2.25. The zero-order valence-electron chi connectivity index (χ0n) is 11.0. The molecule has 1 aromatic rings. The molecule has 1 aromatic carbocycles. The van der Waals surface area contributed by atoms with Gasteiger partial charge in [0.15, 0.2) is 0 Å². The van der Waals surface area contributed by atoms with E-state index in [-0.39, 0.29) is 6.10 Å². The zero-order chi connectivity index (χ0) is 13.0. The topological polar surface area (TPSA) is 23.5 Å². The smallest absolute Gasteiger partial charge is 0.0580 e. The van der Waals surface area contributed by atoms with Crippen molar-refractivity contribution in [3.05, 3.63) is 34.3 Å². The van der Waals surface area contributed by atoms with Gasteiger partial charge < -0.3 is 10.0 Å². The van der Waals surface area contributed by atoms with Gasteiger partial charge in [0.1, 0.15) is 0 Å². The molecule has 1 aliphatic rings. The summed E-state index contributed by atoms with van der Waals surface area (Å²) in [7, 11) is 2.14. The largest absolute Gasteiger partial charge is 0.393 e. The van der Waals surface area contributed by atoms with Crippen LogP contribution < -0.4 is 0 Å². The van der Waals surface area contributed by atoms with Gasteiger partial charge in [-0.25, -0.2) is 0 Å². The Kier molecular flexibility index (Phi) is 5.22. The number of halogens is 1. The number of nitrogens with zero attached hydrogens (tertiary/aromatic N) is 1. The van der Waals surface area contributed by atoms with Crippen molar-refractivity contribution in [3.8, 4) is 0 Å². The zero-order valence-corrected chi connectivity index (χ0v) is 12.6. The first kappa shape index (κ1) is 14.0. The lowest BCUT2D eigenvalue weighted by atomic mass is 9.86. The van der Waals surface area contributed by atoms with Crippen LogP contribution >= 0.6 is 15.9 Å². The van der Waals surface area contributed by atoms with Crippen molar-refractivity contribution in [2.24, 2.45) is 5.92 Å². The summed E-state index contributed by atoms with van der Waals surface area (Å²) in [6.45, 7) is 1.95. The Morgan fingerprint density at radius 3 is 2.56 bits per heavy atom. The predicted molar refractivity (Wildman–Crippen MR) is 78.4 cm³/mol. The van der Waals surface area contributed by atoms with E-state index in [1.165, 1.54) is 24.8 Å². The molecule has 0 saturated heterocycles. The summed E-state index contributed by atoms with van der Waals surface area (Å²) in [6, 6.07) is 8.47. The third kappa shape index (κ3) is 4.08. The number of hydrogen-bond acceptors (Lipinski definition) is 2. The minimum absolute atomic E-state index is 0.0916. The average molecular weight is 312 g/mol. The molecular formula is C15H22BrNO. The second kappa shape index (κ2) is 6.69. The molecule has 0 aliphatic heterocycles. The van der Waals surface area contributed by atoms with Crippen LogP contribution in [0, 0.1) is 5.92 Å². The van der Waals surface area contributed by atoms with Gasteiger partial charge in [0.25, 0.3) is 0 Å². The monoisotopic (exact) mass is 311 g/mol. The molecule has 0 bridgehead atoms. The maximum atomic E-state index is 9.99. The molecule has 2 atom stereocenters. The molecule has 0 radical (unpaired) electrons. The fourth-order valence-corrected chi connectivity index (χ4v) is 3.03. The summed E-state index contributed by atoms with van der Waals surface area (Å²) in [5, 5.41) is 9.99. The Morgan fingerprint density at radius 1 is 1.22 bits per heavy atom. The summed E-state index contributed by atoms with van der Waals surface area (Å²) < 4.78 is 1.12. The van der Waals surface area contributed by atoms with Crippen molar-refractivity contribution in [3.63, 3.8) is 0 Å². The molecule has 0 heterocycles. The minimum atomic E-state index is -0.0916. The minimum Gasteiger partial charge on any atom is -0.393 e. The predicted octanol–water partition coefficient (Wildman–Crippen LogP) is 3.43. The van der Waals surface area contributed by atoms with Crippen molar-refractivity contribution in [2.75, 3.05) is 13.6 Å². The van der Waals surface area contributed by atoms with E-state index >= 15 is 0 Å². The molecule has 2 unspecified atom stereocenters. The standard InChI is InChI=1S/C15H22BrNO/c1-17(10-12-6-8-14(16)9-7-12)11-13-4-2-3-5-15(13)18/h6-9,13,15,18H,2-5,10-11H2,1H3. The van der Waals surface area contributed by atoms with Crippen LogP contribution in [0.4, 0.5) is 0 Å². The van der Waals surface area contributed by atoms with E-state index in [0.29, 0.717) is 5.92 Å². The molecule has 1 fully saturated rings. The molecule has 3 heteroatoms. The average Bonchev–Trinajstić information content (AvgIpc) is 2.35. The Labute approximate surface area is 118 Å². The fraction of sp³-hybridized carbons (Fsp3) is 0.600. The summed E-state index contributed by atoms with van der Waals surface area (Å²) >= 11 is 3.45. The van der Waals surface area contributed by atoms with Gasteiger partial charge in [0, 0.05) is 17.6 Å². The van der Waals surface area contributed by atoms with Gasteiger partial charge in [-0.2, -0.15) is 0 Å². The Bertz CT molecular complexity index is 365. The van der Waals surface area contributed by atoms with Crippen molar-refractivity contribution >= 4 is 15.9 Å². The molecule has 1 N–H and O–H groups in total. The van der Waals surface area contributed by atoms with E-state index in [9.17, 15) is 5.11 Å². The Hall–Kier alpha value is -0.380. The molecule has 2 nitrogen and oxygen atoms in total. The normalized spacial score (nSPS) is 24.4. The molecule has 1 saturated carbocycles. The van der Waals surface area contributed by atoms with Gasteiger partial charge in [-0.1, -0.05) is 40.9 Å². The number of benzene rings is 1. The molecule has 0 aromatic heterocycles. The SMILES string of the molecule is CN(Cc1ccc(Br)cc1)CC1CCCCC1O. The fourth-order valence-electron chi connectivity index (χ4n) is 2.77. The Morgan fingerprint density at radius 2 is 1.89 bits per heavy atom. The van der Waals surface area contributed by atoms with E-state index in [1.807, 2.05) is 0 Å². The van der Waals surface area contributed by atoms with Crippen LogP contribution in [0.2, 0.25) is 0 Å². The maximum absolute atomic E-state index is 9.99. The molecule has 0 spiro atoms. The quantitative estimate of drug-likeness (QED) is 0.921. The maximum Gasteiger partial charge on any atom is 0.0580 e. The summed E-state index contributed by atoms with van der Waals surface area (Å²) in [5.74, 6) is 0.458. The summed E-state index contributed by atoms with van der Waals surface area (Å²) in [6.07, 6.45) is 4.52. The van der Waals surface area contributed by atoms with Crippen LogP contribution in [0.3, 0.4) is 0 Å². The second-order valence-corrected chi connectivity index (χ2v) is 6.35. The number of aliphatic hydroxyl groups excluding tert-OH is 1. The van der Waals surface area contributed by atoms with Gasteiger partial charge in [0.05, 0.1) is 6.10 Å². The van der Waals surface area contributed by atoms with Crippen LogP contribution in [-0.4, -0.2) is 29.7 Å². The molecule has 1 aliphatic carbocycles. The van der Waals surface area contributed by atoms with Crippen molar-refractivity contribution < 1.29 is 5.11 Å². The molecular weight excluding hydrogens is 290 g/mol. The van der Waals surface area contributed by atoms with Gasteiger partial charge in [0.2, 0.25) is 0 Å². The van der Waals surface area contributed by atoms with E-state index < -0.39 is 0 Å². The van der Waals surface area contributed by atoms with E-state index in [4.69, 9.17) is 0 Å². The van der Waals surface area contributed by atoms with Crippen LogP contribution in [0.25, 0.3) is 0 Å². The molecule has 2 rings (SSSR count). The van der Waals surface area contributed by atoms with Gasteiger partial charge >= 0.3 is 0 Å². The van der Waals surface area contributed by atoms with Crippen molar-refractivity contribution in [2.45, 2.75) is 38.3 Å². The second-order valence-electron chi connectivity index (χ2n) is 5.44. The summed E-state index contributed by atoms with van der Waals surface area (Å²) in [5.41, 5.74) is 1.32.